The molecule has 2 fully saturated rings. The van der Waals surface area contributed by atoms with E-state index in [1.807, 2.05) is 0 Å². The van der Waals surface area contributed by atoms with E-state index in [0.29, 0.717) is 5.41 Å². The highest BCUT2D eigenvalue weighted by Crippen LogP contribution is 2.50. The molecular formula is C28H44O2. The lowest BCUT2D eigenvalue weighted by atomic mass is 9.87. The summed E-state index contributed by atoms with van der Waals surface area (Å²) >= 11 is 0. The van der Waals surface area contributed by atoms with Crippen LogP contribution in [-0.4, -0.2) is 11.1 Å². The average Bonchev–Trinajstić information content (AvgIpc) is 3.61. The van der Waals surface area contributed by atoms with E-state index in [-0.39, 0.29) is 5.41 Å². The lowest BCUT2D eigenvalue weighted by molar-refractivity contribution is -0.143. The van der Waals surface area contributed by atoms with E-state index in [1.54, 1.807) is 11.1 Å². The maximum absolute atomic E-state index is 11.4. The SMILES string of the molecule is Cc1cc(C)c(CCCCCCC2(C)CC2)c(CCCCCC2(C(=O)O)CC2)c1C. The number of carbonyl (C=O) groups is 1. The minimum atomic E-state index is -0.568. The summed E-state index contributed by atoms with van der Waals surface area (Å²) in [4.78, 5) is 11.4. The Bertz CT molecular complexity index is 737. The highest BCUT2D eigenvalue weighted by molar-refractivity contribution is 5.77. The predicted octanol–water partition coefficient (Wildman–Crippen LogP) is 7.87. The summed E-state index contributed by atoms with van der Waals surface area (Å²) in [6, 6.07) is 2.38. The van der Waals surface area contributed by atoms with Crippen molar-refractivity contribution in [3.05, 3.63) is 33.9 Å². The van der Waals surface area contributed by atoms with Gasteiger partial charge in [0.2, 0.25) is 0 Å². The molecule has 1 N–H and O–H groups in total. The third-order valence-corrected chi connectivity index (χ3v) is 8.27. The van der Waals surface area contributed by atoms with Gasteiger partial charge in [-0.3, -0.25) is 4.79 Å². The molecule has 2 aliphatic rings. The fourth-order valence-corrected chi connectivity index (χ4v) is 5.24. The first-order valence-corrected chi connectivity index (χ1v) is 12.6. The van der Waals surface area contributed by atoms with Crippen LogP contribution < -0.4 is 0 Å². The molecular weight excluding hydrogens is 368 g/mol. The smallest absolute Gasteiger partial charge is 0.309 e. The van der Waals surface area contributed by atoms with Gasteiger partial charge in [0, 0.05) is 0 Å². The van der Waals surface area contributed by atoms with Gasteiger partial charge < -0.3 is 5.11 Å². The molecule has 0 aromatic heterocycles. The maximum atomic E-state index is 11.4. The van der Waals surface area contributed by atoms with Crippen LogP contribution in [0, 0.1) is 31.6 Å². The molecule has 2 saturated carbocycles. The summed E-state index contributed by atoms with van der Waals surface area (Å²) in [5.41, 5.74) is 7.95. The molecule has 0 atom stereocenters. The van der Waals surface area contributed by atoms with E-state index < -0.39 is 5.97 Å². The highest BCUT2D eigenvalue weighted by Gasteiger charge is 2.49. The number of hydrogen-bond acceptors (Lipinski definition) is 1. The van der Waals surface area contributed by atoms with Crippen molar-refractivity contribution in [2.45, 2.75) is 124 Å². The zero-order chi connectivity index (χ0) is 21.8. The second-order valence-corrected chi connectivity index (χ2v) is 11.0. The van der Waals surface area contributed by atoms with Crippen molar-refractivity contribution in [2.24, 2.45) is 10.8 Å². The Morgan fingerprint density at radius 1 is 0.800 bits per heavy atom. The van der Waals surface area contributed by atoms with Crippen molar-refractivity contribution in [3.8, 4) is 0 Å². The van der Waals surface area contributed by atoms with Gasteiger partial charge in [0.1, 0.15) is 0 Å². The Kier molecular flexibility index (Phi) is 7.69. The molecule has 0 aliphatic heterocycles. The Morgan fingerprint density at radius 3 is 1.97 bits per heavy atom. The number of carboxylic acid groups (broad SMARTS) is 1. The van der Waals surface area contributed by atoms with Gasteiger partial charge in [0.05, 0.1) is 5.41 Å². The van der Waals surface area contributed by atoms with Gasteiger partial charge in [0.15, 0.2) is 0 Å². The zero-order valence-electron chi connectivity index (χ0n) is 20.0. The first-order valence-electron chi connectivity index (χ1n) is 12.6. The number of aryl methyl sites for hydroxylation is 2. The topological polar surface area (TPSA) is 37.3 Å². The summed E-state index contributed by atoms with van der Waals surface area (Å²) in [5.74, 6) is -0.568. The first kappa shape index (κ1) is 23.4. The predicted molar refractivity (Wildman–Crippen MR) is 126 cm³/mol. The third kappa shape index (κ3) is 6.11. The van der Waals surface area contributed by atoms with Crippen LogP contribution in [0.4, 0.5) is 0 Å². The summed E-state index contributed by atoms with van der Waals surface area (Å²) in [7, 11) is 0. The quantitative estimate of drug-likeness (QED) is 0.316. The van der Waals surface area contributed by atoms with Gasteiger partial charge in [-0.05, 0) is 118 Å². The van der Waals surface area contributed by atoms with E-state index in [9.17, 15) is 9.90 Å². The normalized spacial score (nSPS) is 18.4. The Labute approximate surface area is 184 Å². The largest absolute Gasteiger partial charge is 0.481 e. The van der Waals surface area contributed by atoms with Crippen molar-refractivity contribution in [1.29, 1.82) is 0 Å². The van der Waals surface area contributed by atoms with Crippen molar-refractivity contribution >= 4 is 5.97 Å². The number of benzene rings is 1. The maximum Gasteiger partial charge on any atom is 0.309 e. The van der Waals surface area contributed by atoms with Crippen molar-refractivity contribution in [3.63, 3.8) is 0 Å². The van der Waals surface area contributed by atoms with Gasteiger partial charge >= 0.3 is 5.97 Å². The average molecular weight is 413 g/mol. The summed E-state index contributed by atoms with van der Waals surface area (Å²) in [6.45, 7) is 9.29. The minimum Gasteiger partial charge on any atom is -0.481 e. The van der Waals surface area contributed by atoms with Crippen molar-refractivity contribution in [1.82, 2.24) is 0 Å². The van der Waals surface area contributed by atoms with Crippen LogP contribution in [0.5, 0.6) is 0 Å². The van der Waals surface area contributed by atoms with Crippen LogP contribution in [0.15, 0.2) is 6.07 Å². The minimum absolute atomic E-state index is 0.349. The van der Waals surface area contributed by atoms with Crippen LogP contribution in [0.2, 0.25) is 0 Å². The van der Waals surface area contributed by atoms with E-state index in [0.717, 1.165) is 38.5 Å². The molecule has 0 radical (unpaired) electrons. The Hall–Kier alpha value is -1.31. The number of carboxylic acids is 1. The van der Waals surface area contributed by atoms with Crippen LogP contribution in [0.25, 0.3) is 0 Å². The molecule has 0 bridgehead atoms. The molecule has 1 aromatic rings. The lowest BCUT2D eigenvalue weighted by Gasteiger charge is -2.18. The monoisotopic (exact) mass is 412 g/mol. The Morgan fingerprint density at radius 2 is 1.37 bits per heavy atom. The van der Waals surface area contributed by atoms with Crippen LogP contribution in [0.3, 0.4) is 0 Å². The molecule has 30 heavy (non-hydrogen) atoms. The lowest BCUT2D eigenvalue weighted by Crippen LogP contribution is -2.14. The molecule has 2 aliphatic carbocycles. The van der Waals surface area contributed by atoms with E-state index in [2.05, 4.69) is 33.8 Å². The molecule has 0 heterocycles. The Balaban J connectivity index is 1.45. The summed E-state index contributed by atoms with van der Waals surface area (Å²) in [5, 5.41) is 9.35. The second-order valence-electron chi connectivity index (χ2n) is 11.0. The molecule has 168 valence electrons. The highest BCUT2D eigenvalue weighted by atomic mass is 16.4. The third-order valence-electron chi connectivity index (χ3n) is 8.27. The summed E-state index contributed by atoms with van der Waals surface area (Å²) in [6.07, 6.45) is 18.2. The fraction of sp³-hybridized carbons (Fsp3) is 0.750. The van der Waals surface area contributed by atoms with Gasteiger partial charge in [-0.1, -0.05) is 45.1 Å². The fourth-order valence-electron chi connectivity index (χ4n) is 5.24. The number of rotatable bonds is 14. The van der Waals surface area contributed by atoms with Crippen LogP contribution >= 0.6 is 0 Å². The molecule has 3 rings (SSSR count). The van der Waals surface area contributed by atoms with Crippen LogP contribution in [-0.2, 0) is 17.6 Å². The standard InChI is InChI=1S/C28H44O2/c1-21-20-22(2)24(12-8-5-6-10-14-27(4)16-17-27)25(23(21)3)13-9-7-11-15-28(18-19-28)26(29)30/h20H,5-19H2,1-4H3,(H,29,30). The molecule has 0 unspecified atom stereocenters. The molecule has 2 nitrogen and oxygen atoms in total. The number of unbranched alkanes of at least 4 members (excludes halogenated alkanes) is 5. The van der Waals surface area contributed by atoms with E-state index in [1.165, 1.54) is 74.5 Å². The van der Waals surface area contributed by atoms with Gasteiger partial charge in [0.25, 0.3) is 0 Å². The number of aliphatic carboxylic acids is 1. The first-order chi connectivity index (χ1) is 14.3. The number of hydrogen-bond donors (Lipinski definition) is 1. The second kappa shape index (κ2) is 9.88. The molecule has 2 heteroatoms. The molecule has 0 saturated heterocycles. The van der Waals surface area contributed by atoms with Gasteiger partial charge in [-0.15, -0.1) is 0 Å². The van der Waals surface area contributed by atoms with E-state index >= 15 is 0 Å². The van der Waals surface area contributed by atoms with Crippen LogP contribution in [0.1, 0.15) is 118 Å². The van der Waals surface area contributed by atoms with Crippen molar-refractivity contribution in [2.75, 3.05) is 0 Å². The van der Waals surface area contributed by atoms with Crippen molar-refractivity contribution < 1.29 is 9.90 Å². The molecule has 0 amide bonds. The summed E-state index contributed by atoms with van der Waals surface area (Å²) < 4.78 is 0. The van der Waals surface area contributed by atoms with Gasteiger partial charge in [-0.2, -0.15) is 0 Å². The molecule has 0 spiro atoms. The zero-order valence-corrected chi connectivity index (χ0v) is 20.0. The van der Waals surface area contributed by atoms with E-state index in [4.69, 9.17) is 0 Å². The molecule has 1 aromatic carbocycles. The van der Waals surface area contributed by atoms with Gasteiger partial charge in [-0.25, -0.2) is 0 Å².